The summed E-state index contributed by atoms with van der Waals surface area (Å²) >= 11 is 4.80. The van der Waals surface area contributed by atoms with Crippen molar-refractivity contribution >= 4 is 43.4 Å². The standard InChI is InChI=1S/C17H18BrNO4S2/c18-13-3-1-12(2-4-13)16-6-5-14(23-16)9-19-17(20)10-24-15-7-8-25(21,22)11-15/h1-6,15H,7-11H2,(H,19,20)/t15-/m1/s1. The lowest BCUT2D eigenvalue weighted by atomic mass is 10.2. The summed E-state index contributed by atoms with van der Waals surface area (Å²) in [6, 6.07) is 11.5. The smallest absolute Gasteiger partial charge is 0.230 e. The summed E-state index contributed by atoms with van der Waals surface area (Å²) in [5.41, 5.74) is 0.971. The van der Waals surface area contributed by atoms with Crippen LogP contribution in [0.3, 0.4) is 0 Å². The molecule has 3 rings (SSSR count). The molecule has 1 aromatic heterocycles. The third-order valence-corrected chi connectivity index (χ3v) is 7.70. The number of halogens is 1. The lowest BCUT2D eigenvalue weighted by molar-refractivity contribution is -0.118. The number of hydrogen-bond donors (Lipinski definition) is 1. The van der Waals surface area contributed by atoms with Crippen LogP contribution in [-0.4, -0.2) is 36.8 Å². The second-order valence-corrected chi connectivity index (χ2v) is 10.3. The summed E-state index contributed by atoms with van der Waals surface area (Å²) in [6.45, 7) is 0.318. The van der Waals surface area contributed by atoms with Crippen LogP contribution in [-0.2, 0) is 21.2 Å². The Bertz CT molecular complexity index is 846. The van der Waals surface area contributed by atoms with Gasteiger partial charge in [-0.15, -0.1) is 11.8 Å². The highest BCUT2D eigenvalue weighted by Gasteiger charge is 2.28. The van der Waals surface area contributed by atoms with Crippen LogP contribution in [0.25, 0.3) is 11.3 Å². The van der Waals surface area contributed by atoms with Crippen LogP contribution < -0.4 is 5.32 Å². The number of rotatable bonds is 6. The number of carbonyl (C=O) groups is 1. The van der Waals surface area contributed by atoms with Gasteiger partial charge in [-0.3, -0.25) is 4.79 Å². The van der Waals surface area contributed by atoms with Crippen LogP contribution in [0, 0.1) is 0 Å². The van der Waals surface area contributed by atoms with Crippen molar-refractivity contribution in [1.82, 2.24) is 5.32 Å². The summed E-state index contributed by atoms with van der Waals surface area (Å²) in [5, 5.41) is 2.84. The number of amides is 1. The molecule has 1 aromatic carbocycles. The van der Waals surface area contributed by atoms with E-state index < -0.39 is 9.84 Å². The fourth-order valence-corrected chi connectivity index (χ4v) is 6.30. The minimum atomic E-state index is -2.90. The molecule has 5 nitrogen and oxygen atoms in total. The first-order valence-electron chi connectivity index (χ1n) is 7.85. The lowest BCUT2D eigenvalue weighted by Crippen LogP contribution is -2.25. The molecule has 1 aliphatic heterocycles. The van der Waals surface area contributed by atoms with Gasteiger partial charge in [-0.05, 0) is 30.7 Å². The number of sulfone groups is 1. The molecule has 0 bridgehead atoms. The van der Waals surface area contributed by atoms with Gasteiger partial charge in [0.2, 0.25) is 5.91 Å². The van der Waals surface area contributed by atoms with E-state index >= 15 is 0 Å². The van der Waals surface area contributed by atoms with Gasteiger partial charge in [0, 0.05) is 15.3 Å². The maximum atomic E-state index is 11.9. The lowest BCUT2D eigenvalue weighted by Gasteiger charge is -2.07. The molecule has 8 heteroatoms. The monoisotopic (exact) mass is 443 g/mol. The highest BCUT2D eigenvalue weighted by molar-refractivity contribution is 9.10. The van der Waals surface area contributed by atoms with Gasteiger partial charge in [-0.1, -0.05) is 28.1 Å². The van der Waals surface area contributed by atoms with Crippen molar-refractivity contribution in [2.24, 2.45) is 0 Å². The molecule has 0 spiro atoms. The van der Waals surface area contributed by atoms with Gasteiger partial charge in [0.25, 0.3) is 0 Å². The molecule has 0 unspecified atom stereocenters. The first kappa shape index (κ1) is 18.5. The molecule has 25 heavy (non-hydrogen) atoms. The maximum absolute atomic E-state index is 11.9. The van der Waals surface area contributed by atoms with Gasteiger partial charge >= 0.3 is 0 Å². The average Bonchev–Trinajstić information content (AvgIpc) is 3.18. The van der Waals surface area contributed by atoms with Crippen LogP contribution in [0.1, 0.15) is 12.2 Å². The second kappa shape index (κ2) is 7.97. The Morgan fingerprint density at radius 3 is 2.68 bits per heavy atom. The van der Waals surface area contributed by atoms with Crippen molar-refractivity contribution in [2.45, 2.75) is 18.2 Å². The van der Waals surface area contributed by atoms with Gasteiger partial charge in [0.05, 0.1) is 23.8 Å². The molecule has 1 amide bonds. The van der Waals surface area contributed by atoms with Gasteiger partial charge in [-0.25, -0.2) is 8.42 Å². The molecule has 1 atom stereocenters. The van der Waals surface area contributed by atoms with Gasteiger partial charge in [-0.2, -0.15) is 0 Å². The minimum Gasteiger partial charge on any atom is -0.459 e. The fraction of sp³-hybridized carbons (Fsp3) is 0.353. The van der Waals surface area contributed by atoms with Crippen LogP contribution in [0.15, 0.2) is 45.3 Å². The van der Waals surface area contributed by atoms with E-state index in [4.69, 9.17) is 4.42 Å². The largest absolute Gasteiger partial charge is 0.459 e. The van der Waals surface area contributed by atoms with E-state index in [0.717, 1.165) is 15.8 Å². The average molecular weight is 444 g/mol. The number of nitrogens with one attached hydrogen (secondary N) is 1. The van der Waals surface area contributed by atoms with E-state index in [2.05, 4.69) is 21.2 Å². The van der Waals surface area contributed by atoms with Crippen molar-refractivity contribution in [2.75, 3.05) is 17.3 Å². The predicted octanol–water partition coefficient (Wildman–Crippen LogP) is 3.25. The summed E-state index contributed by atoms with van der Waals surface area (Å²) in [5.74, 6) is 2.00. The Kier molecular flexibility index (Phi) is 5.91. The second-order valence-electron chi connectivity index (χ2n) is 5.89. The quantitative estimate of drug-likeness (QED) is 0.741. The molecule has 2 aromatic rings. The van der Waals surface area contributed by atoms with Crippen molar-refractivity contribution in [3.05, 3.63) is 46.6 Å². The zero-order chi connectivity index (χ0) is 17.9. The summed E-state index contributed by atoms with van der Waals surface area (Å²) in [4.78, 5) is 11.9. The number of furan rings is 1. The van der Waals surface area contributed by atoms with E-state index in [1.807, 2.05) is 36.4 Å². The minimum absolute atomic E-state index is 0.0309. The molecule has 0 saturated carbocycles. The first-order chi connectivity index (χ1) is 11.9. The third kappa shape index (κ3) is 5.36. The van der Waals surface area contributed by atoms with Crippen molar-refractivity contribution < 1.29 is 17.6 Å². The normalized spacial score (nSPS) is 19.0. The van der Waals surface area contributed by atoms with Crippen LogP contribution in [0.5, 0.6) is 0 Å². The van der Waals surface area contributed by atoms with Crippen LogP contribution in [0.4, 0.5) is 0 Å². The van der Waals surface area contributed by atoms with Crippen molar-refractivity contribution in [3.63, 3.8) is 0 Å². The molecular formula is C17H18BrNO4S2. The summed E-state index contributed by atoms with van der Waals surface area (Å²) in [7, 11) is -2.90. The number of hydrogen-bond acceptors (Lipinski definition) is 5. The topological polar surface area (TPSA) is 76.4 Å². The molecule has 1 saturated heterocycles. The van der Waals surface area contributed by atoms with E-state index in [0.29, 0.717) is 18.7 Å². The Labute approximate surface area is 159 Å². The van der Waals surface area contributed by atoms with E-state index in [9.17, 15) is 13.2 Å². The molecule has 0 aliphatic carbocycles. The molecule has 1 aliphatic rings. The Hall–Kier alpha value is -1.25. The highest BCUT2D eigenvalue weighted by Crippen LogP contribution is 2.25. The third-order valence-electron chi connectivity index (χ3n) is 3.89. The molecule has 134 valence electrons. The van der Waals surface area contributed by atoms with Gasteiger partial charge < -0.3 is 9.73 Å². The van der Waals surface area contributed by atoms with Gasteiger partial charge in [0.1, 0.15) is 11.5 Å². The van der Waals surface area contributed by atoms with E-state index in [-0.39, 0.29) is 28.4 Å². The van der Waals surface area contributed by atoms with E-state index in [1.54, 1.807) is 0 Å². The summed E-state index contributed by atoms with van der Waals surface area (Å²) < 4.78 is 29.6. The molecule has 1 fully saturated rings. The number of benzene rings is 1. The van der Waals surface area contributed by atoms with Crippen molar-refractivity contribution in [3.8, 4) is 11.3 Å². The highest BCUT2D eigenvalue weighted by atomic mass is 79.9. The Morgan fingerprint density at radius 1 is 1.24 bits per heavy atom. The Morgan fingerprint density at radius 2 is 2.00 bits per heavy atom. The fourth-order valence-electron chi connectivity index (χ4n) is 2.56. The summed E-state index contributed by atoms with van der Waals surface area (Å²) in [6.07, 6.45) is 0.634. The zero-order valence-electron chi connectivity index (χ0n) is 13.4. The zero-order valence-corrected chi connectivity index (χ0v) is 16.6. The number of thioether (sulfide) groups is 1. The molecule has 1 N–H and O–H groups in total. The molecule has 2 heterocycles. The SMILES string of the molecule is O=C(CS[C@@H]1CCS(=O)(=O)C1)NCc1ccc(-c2ccc(Br)cc2)o1. The Balaban J connectivity index is 1.45. The molecule has 0 radical (unpaired) electrons. The van der Waals surface area contributed by atoms with E-state index in [1.165, 1.54) is 11.8 Å². The van der Waals surface area contributed by atoms with Crippen LogP contribution >= 0.6 is 27.7 Å². The predicted molar refractivity (Wildman–Crippen MR) is 103 cm³/mol. The molecular weight excluding hydrogens is 426 g/mol. The van der Waals surface area contributed by atoms with Crippen LogP contribution in [0.2, 0.25) is 0 Å². The van der Waals surface area contributed by atoms with Gasteiger partial charge in [0.15, 0.2) is 9.84 Å². The first-order valence-corrected chi connectivity index (χ1v) is 11.5. The maximum Gasteiger partial charge on any atom is 0.230 e. The number of carbonyl (C=O) groups excluding carboxylic acids is 1. The van der Waals surface area contributed by atoms with Crippen molar-refractivity contribution in [1.29, 1.82) is 0 Å².